The predicted molar refractivity (Wildman–Crippen MR) is 124 cm³/mol. The van der Waals surface area contributed by atoms with Crippen LogP contribution in [0.15, 0.2) is 65.5 Å². The fourth-order valence-corrected chi connectivity index (χ4v) is 3.94. The number of rotatable bonds is 5. The Bertz CT molecular complexity index is 1330. The Morgan fingerprint density at radius 3 is 2.31 bits per heavy atom. The molecule has 4 aromatic rings. The molecule has 0 unspecified atom stereocenters. The molecule has 6 nitrogen and oxygen atoms in total. The lowest BCUT2D eigenvalue weighted by Crippen LogP contribution is -2.28. The molecule has 164 valence electrons. The molecule has 3 aromatic carbocycles. The van der Waals surface area contributed by atoms with Gasteiger partial charge < -0.3 is 10.6 Å². The highest BCUT2D eigenvalue weighted by Crippen LogP contribution is 2.19. The van der Waals surface area contributed by atoms with E-state index in [-0.39, 0.29) is 17.9 Å². The molecule has 4 rings (SSSR count). The fraction of sp³-hybridized carbons (Fsp3) is 0.200. The molecule has 0 fully saturated rings. The quantitative estimate of drug-likeness (QED) is 0.489. The number of amides is 2. The number of urea groups is 1. The minimum absolute atomic E-state index is 0.125. The van der Waals surface area contributed by atoms with Crippen molar-refractivity contribution in [2.45, 2.75) is 26.9 Å². The largest absolute Gasteiger partial charge is 0.334 e. The molecule has 0 bridgehead atoms. The third-order valence-electron chi connectivity index (χ3n) is 5.40. The molecule has 0 saturated heterocycles. The number of hydrogen-bond donors (Lipinski definition) is 2. The molecule has 1 aromatic heterocycles. The summed E-state index contributed by atoms with van der Waals surface area (Å²) >= 11 is 0. The fourth-order valence-electron chi connectivity index (χ4n) is 3.94. The number of hydrogen-bond acceptors (Lipinski definition) is 2. The molecule has 32 heavy (non-hydrogen) atoms. The molecule has 0 atom stereocenters. The van der Waals surface area contributed by atoms with Crippen LogP contribution in [0.4, 0.5) is 14.9 Å². The number of nitrogens with one attached hydrogen (secondary N) is 2. The zero-order chi connectivity index (χ0) is 22.8. The molecular weight excluding hydrogens is 407 g/mol. The molecule has 7 heteroatoms. The van der Waals surface area contributed by atoms with Gasteiger partial charge in [0, 0.05) is 19.3 Å². The van der Waals surface area contributed by atoms with Crippen molar-refractivity contribution in [2.75, 3.05) is 5.32 Å². The van der Waals surface area contributed by atoms with E-state index in [1.165, 1.54) is 23.3 Å². The van der Waals surface area contributed by atoms with E-state index in [4.69, 9.17) is 0 Å². The average molecular weight is 432 g/mol. The SMILES string of the molecule is Cc1cc(C)cc(Cn2c3ccc(NC(=O)NCc4ccc(F)cc4)cc3c(=O)n2C)c1. The number of carbonyl (C=O) groups is 1. The summed E-state index contributed by atoms with van der Waals surface area (Å²) in [6.45, 7) is 4.95. The first kappa shape index (κ1) is 21.4. The summed E-state index contributed by atoms with van der Waals surface area (Å²) < 4.78 is 16.5. The second-order valence-corrected chi connectivity index (χ2v) is 8.05. The first-order valence-corrected chi connectivity index (χ1v) is 10.4. The summed E-state index contributed by atoms with van der Waals surface area (Å²) in [5, 5.41) is 6.02. The lowest BCUT2D eigenvalue weighted by molar-refractivity contribution is 0.251. The van der Waals surface area contributed by atoms with Gasteiger partial charge in [-0.05, 0) is 55.3 Å². The van der Waals surface area contributed by atoms with Crippen LogP contribution < -0.4 is 16.2 Å². The molecule has 0 aliphatic heterocycles. The van der Waals surface area contributed by atoms with Gasteiger partial charge in [0.2, 0.25) is 0 Å². The van der Waals surface area contributed by atoms with E-state index < -0.39 is 6.03 Å². The maximum atomic E-state index is 13.0. The monoisotopic (exact) mass is 432 g/mol. The minimum Gasteiger partial charge on any atom is -0.334 e. The predicted octanol–water partition coefficient (Wildman–Crippen LogP) is 4.47. The highest BCUT2D eigenvalue weighted by Gasteiger charge is 2.13. The number of aryl methyl sites for hydroxylation is 2. The third kappa shape index (κ3) is 4.56. The number of aromatic nitrogens is 2. The van der Waals surface area contributed by atoms with Gasteiger partial charge >= 0.3 is 6.03 Å². The van der Waals surface area contributed by atoms with Crippen LogP contribution in [0, 0.1) is 19.7 Å². The van der Waals surface area contributed by atoms with Gasteiger partial charge in [-0.1, -0.05) is 41.5 Å². The molecule has 1 heterocycles. The summed E-state index contributed by atoms with van der Waals surface area (Å²) in [7, 11) is 1.74. The molecular formula is C25H25FN4O2. The summed E-state index contributed by atoms with van der Waals surface area (Å²) in [6, 6.07) is 17.2. The smallest absolute Gasteiger partial charge is 0.319 e. The van der Waals surface area contributed by atoms with Crippen molar-refractivity contribution in [1.29, 1.82) is 0 Å². The van der Waals surface area contributed by atoms with Gasteiger partial charge in [-0.25, -0.2) is 9.18 Å². The Hall–Kier alpha value is -3.87. The Labute approximate surface area is 185 Å². The molecule has 2 N–H and O–H groups in total. The van der Waals surface area contributed by atoms with Gasteiger partial charge in [-0.2, -0.15) is 0 Å². The summed E-state index contributed by atoms with van der Waals surface area (Å²) in [4.78, 5) is 25.1. The zero-order valence-corrected chi connectivity index (χ0v) is 18.3. The standard InChI is InChI=1S/C25H25FN4O2/c1-16-10-17(2)12-19(11-16)15-30-23-9-8-21(13-22(23)24(31)29(30)3)28-25(32)27-14-18-4-6-20(26)7-5-18/h4-13H,14-15H2,1-3H3,(H2,27,28,32). The molecule has 2 amide bonds. The number of fused-ring (bicyclic) bond motifs is 1. The second-order valence-electron chi connectivity index (χ2n) is 8.05. The van der Waals surface area contributed by atoms with E-state index in [9.17, 15) is 14.0 Å². The van der Waals surface area contributed by atoms with Crippen LogP contribution in [0.25, 0.3) is 10.9 Å². The molecule has 0 radical (unpaired) electrons. The Morgan fingerprint density at radius 2 is 1.62 bits per heavy atom. The van der Waals surface area contributed by atoms with Crippen molar-refractivity contribution < 1.29 is 9.18 Å². The van der Waals surface area contributed by atoms with Crippen LogP contribution in [-0.2, 0) is 20.1 Å². The third-order valence-corrected chi connectivity index (χ3v) is 5.40. The van der Waals surface area contributed by atoms with Crippen LogP contribution in [0.1, 0.15) is 22.3 Å². The highest BCUT2D eigenvalue weighted by molar-refractivity contribution is 5.92. The van der Waals surface area contributed by atoms with Crippen LogP contribution in [-0.4, -0.2) is 15.4 Å². The van der Waals surface area contributed by atoms with Crippen molar-refractivity contribution in [3.05, 3.63) is 99.1 Å². The normalized spacial score (nSPS) is 11.0. The Morgan fingerprint density at radius 1 is 0.938 bits per heavy atom. The lowest BCUT2D eigenvalue weighted by atomic mass is 10.1. The molecule has 0 aliphatic rings. The van der Waals surface area contributed by atoms with Gasteiger partial charge in [-0.15, -0.1) is 0 Å². The Balaban J connectivity index is 1.52. The van der Waals surface area contributed by atoms with Gasteiger partial charge in [0.1, 0.15) is 5.82 Å². The van der Waals surface area contributed by atoms with E-state index in [2.05, 4.69) is 42.7 Å². The molecule has 0 aliphatic carbocycles. The lowest BCUT2D eigenvalue weighted by Gasteiger charge is -2.11. The van der Waals surface area contributed by atoms with Gasteiger partial charge in [0.15, 0.2) is 0 Å². The summed E-state index contributed by atoms with van der Waals surface area (Å²) in [5.74, 6) is -0.322. The van der Waals surface area contributed by atoms with Crippen molar-refractivity contribution in [1.82, 2.24) is 14.7 Å². The maximum absolute atomic E-state index is 13.0. The minimum atomic E-state index is -0.403. The second kappa shape index (κ2) is 8.70. The van der Waals surface area contributed by atoms with Crippen LogP contribution >= 0.6 is 0 Å². The van der Waals surface area contributed by atoms with E-state index in [0.717, 1.165) is 16.6 Å². The van der Waals surface area contributed by atoms with Crippen molar-refractivity contribution >= 4 is 22.6 Å². The van der Waals surface area contributed by atoms with Crippen LogP contribution in [0.3, 0.4) is 0 Å². The number of halogens is 1. The summed E-state index contributed by atoms with van der Waals surface area (Å²) in [5.41, 5.74) is 5.47. The summed E-state index contributed by atoms with van der Waals surface area (Å²) in [6.07, 6.45) is 0. The van der Waals surface area contributed by atoms with Gasteiger partial charge in [0.05, 0.1) is 17.4 Å². The Kier molecular flexibility index (Phi) is 5.81. The van der Waals surface area contributed by atoms with Crippen molar-refractivity contribution in [3.63, 3.8) is 0 Å². The average Bonchev–Trinajstić information content (AvgIpc) is 2.97. The number of carbonyl (C=O) groups excluding carboxylic acids is 1. The number of anilines is 1. The van der Waals surface area contributed by atoms with E-state index in [1.807, 2.05) is 10.7 Å². The van der Waals surface area contributed by atoms with E-state index in [0.29, 0.717) is 17.6 Å². The first-order valence-electron chi connectivity index (χ1n) is 10.4. The van der Waals surface area contributed by atoms with Crippen molar-refractivity contribution in [3.8, 4) is 0 Å². The van der Waals surface area contributed by atoms with Crippen LogP contribution in [0.5, 0.6) is 0 Å². The van der Waals surface area contributed by atoms with Crippen LogP contribution in [0.2, 0.25) is 0 Å². The number of nitrogens with zero attached hydrogens (tertiary/aromatic N) is 2. The zero-order valence-electron chi connectivity index (χ0n) is 18.3. The van der Waals surface area contributed by atoms with Gasteiger partial charge in [-0.3, -0.25) is 14.2 Å². The first-order chi connectivity index (χ1) is 15.3. The van der Waals surface area contributed by atoms with Crippen molar-refractivity contribution in [2.24, 2.45) is 7.05 Å². The topological polar surface area (TPSA) is 68.1 Å². The number of benzene rings is 3. The highest BCUT2D eigenvalue weighted by atomic mass is 19.1. The van der Waals surface area contributed by atoms with E-state index in [1.54, 1.807) is 36.0 Å². The maximum Gasteiger partial charge on any atom is 0.319 e. The molecule has 0 saturated carbocycles. The van der Waals surface area contributed by atoms with Gasteiger partial charge in [0.25, 0.3) is 5.56 Å². The van der Waals surface area contributed by atoms with E-state index >= 15 is 0 Å². The molecule has 0 spiro atoms.